The van der Waals surface area contributed by atoms with Crippen LogP contribution in [0.5, 0.6) is 5.75 Å². The number of phenols is 1. The van der Waals surface area contributed by atoms with Gasteiger partial charge in [0.15, 0.2) is 5.78 Å². The maximum atomic E-state index is 12.5. The number of carbonyl (C=O) groups is 1. The number of carbonyl (C=O) groups excluding carboxylic acids is 1. The Kier molecular flexibility index (Phi) is 5.68. The minimum atomic E-state index is -0.377. The molecule has 0 amide bonds. The largest absolute Gasteiger partial charge is 0.508 e. The zero-order valence-electron chi connectivity index (χ0n) is 15.1. The first-order valence-electron chi connectivity index (χ1n) is 8.57. The van der Waals surface area contributed by atoms with Crippen molar-refractivity contribution >= 4 is 11.5 Å². The van der Waals surface area contributed by atoms with Crippen molar-refractivity contribution in [2.45, 2.75) is 33.6 Å². The lowest BCUT2D eigenvalue weighted by Gasteiger charge is -2.30. The van der Waals surface area contributed by atoms with Gasteiger partial charge < -0.3 is 10.2 Å². The first-order valence-corrected chi connectivity index (χ1v) is 8.57. The summed E-state index contributed by atoms with van der Waals surface area (Å²) in [5, 5.41) is 19.6. The van der Waals surface area contributed by atoms with Crippen molar-refractivity contribution in [3.05, 3.63) is 71.9 Å². The normalized spacial score (nSPS) is 20.5. The monoisotopic (exact) mass is 338 g/mol. The van der Waals surface area contributed by atoms with Gasteiger partial charge in [0.1, 0.15) is 11.5 Å². The maximum absolute atomic E-state index is 12.5. The van der Waals surface area contributed by atoms with Crippen LogP contribution < -0.4 is 0 Å². The number of benzene rings is 1. The van der Waals surface area contributed by atoms with Crippen molar-refractivity contribution in [3.8, 4) is 5.75 Å². The summed E-state index contributed by atoms with van der Waals surface area (Å²) in [5.74, 6) is 0.601. The van der Waals surface area contributed by atoms with Crippen LogP contribution in [0.4, 0.5) is 0 Å². The van der Waals surface area contributed by atoms with E-state index in [0.29, 0.717) is 12.0 Å². The van der Waals surface area contributed by atoms with E-state index < -0.39 is 0 Å². The van der Waals surface area contributed by atoms with Crippen LogP contribution in [0.25, 0.3) is 5.76 Å². The van der Waals surface area contributed by atoms with E-state index in [1.54, 1.807) is 24.3 Å². The molecule has 2 rings (SSSR count). The lowest BCUT2D eigenvalue weighted by molar-refractivity contribution is -0.117. The maximum Gasteiger partial charge on any atom is 0.160 e. The van der Waals surface area contributed by atoms with Gasteiger partial charge >= 0.3 is 0 Å². The van der Waals surface area contributed by atoms with Crippen molar-refractivity contribution in [2.75, 3.05) is 0 Å². The molecule has 1 unspecified atom stereocenters. The van der Waals surface area contributed by atoms with E-state index in [1.165, 1.54) is 12.1 Å². The van der Waals surface area contributed by atoms with Crippen molar-refractivity contribution in [2.24, 2.45) is 11.3 Å². The van der Waals surface area contributed by atoms with E-state index in [0.717, 1.165) is 17.6 Å². The van der Waals surface area contributed by atoms with Crippen LogP contribution in [0.1, 0.15) is 39.2 Å². The highest BCUT2D eigenvalue weighted by molar-refractivity contribution is 5.99. The third-order valence-corrected chi connectivity index (χ3v) is 4.81. The summed E-state index contributed by atoms with van der Waals surface area (Å²) in [6, 6.07) is 6.38. The van der Waals surface area contributed by atoms with Crippen LogP contribution in [0.2, 0.25) is 0 Å². The third-order valence-electron chi connectivity index (χ3n) is 4.81. The molecule has 2 N–H and O–H groups in total. The van der Waals surface area contributed by atoms with Crippen LogP contribution in [-0.2, 0) is 4.79 Å². The van der Waals surface area contributed by atoms with Crippen molar-refractivity contribution in [3.63, 3.8) is 0 Å². The van der Waals surface area contributed by atoms with Crippen molar-refractivity contribution < 1.29 is 15.0 Å². The number of aromatic hydroxyl groups is 1. The van der Waals surface area contributed by atoms with E-state index in [4.69, 9.17) is 0 Å². The summed E-state index contributed by atoms with van der Waals surface area (Å²) < 4.78 is 0. The molecule has 3 nitrogen and oxygen atoms in total. The molecule has 0 aromatic heterocycles. The second kappa shape index (κ2) is 7.56. The first kappa shape index (κ1) is 18.8. The van der Waals surface area contributed by atoms with Gasteiger partial charge in [-0.1, -0.05) is 39.0 Å². The van der Waals surface area contributed by atoms with Crippen LogP contribution in [0.15, 0.2) is 66.3 Å². The Bertz CT molecular complexity index is 746. The summed E-state index contributed by atoms with van der Waals surface area (Å²) in [6.45, 7) is 9.87. The fourth-order valence-electron chi connectivity index (χ4n) is 2.94. The fourth-order valence-corrected chi connectivity index (χ4v) is 2.94. The number of aliphatic hydroxyl groups excluding tert-OH is 1. The Labute approximate surface area is 149 Å². The molecule has 0 fully saturated rings. The number of hydrogen-bond donors (Lipinski definition) is 2. The molecule has 25 heavy (non-hydrogen) atoms. The van der Waals surface area contributed by atoms with Gasteiger partial charge in [0, 0.05) is 23.0 Å². The van der Waals surface area contributed by atoms with E-state index in [9.17, 15) is 15.0 Å². The lowest BCUT2D eigenvalue weighted by Crippen LogP contribution is -2.26. The zero-order chi connectivity index (χ0) is 18.6. The summed E-state index contributed by atoms with van der Waals surface area (Å²) in [6.07, 6.45) is 8.62. The number of phenolic OH excluding ortho intramolecular Hbond substituents is 1. The number of hydrogen-bond acceptors (Lipinski definition) is 3. The second-order valence-corrected chi connectivity index (χ2v) is 6.98. The third kappa shape index (κ3) is 4.30. The highest BCUT2D eigenvalue weighted by atomic mass is 16.3. The molecule has 1 aromatic carbocycles. The van der Waals surface area contributed by atoms with Crippen LogP contribution in [-0.4, -0.2) is 16.0 Å². The van der Waals surface area contributed by atoms with E-state index in [2.05, 4.69) is 13.5 Å². The van der Waals surface area contributed by atoms with Gasteiger partial charge in [-0.15, -0.1) is 6.58 Å². The molecule has 0 spiro atoms. The zero-order valence-corrected chi connectivity index (χ0v) is 15.1. The average Bonchev–Trinajstić information content (AvgIpc) is 2.60. The molecule has 0 saturated carbocycles. The van der Waals surface area contributed by atoms with Gasteiger partial charge in [0.2, 0.25) is 0 Å². The Hall–Kier alpha value is -2.55. The number of Topliss-reactive ketones (excluding diaryl/α,β-unsaturated/α-hetero) is 1. The standard InChI is InChI=1S/C22H26O3/c1-5-15-14-21(25)19(22(3,4)6-2)13-17(15)9-12-20(24)16-7-10-18(23)11-8-16/h6-13,15,23-24H,2,5,14H2,1,3-4H3. The van der Waals surface area contributed by atoms with Crippen molar-refractivity contribution in [1.29, 1.82) is 0 Å². The van der Waals surface area contributed by atoms with Gasteiger partial charge in [-0.3, -0.25) is 4.79 Å². The molecule has 1 atom stereocenters. The first-order chi connectivity index (χ1) is 11.8. The van der Waals surface area contributed by atoms with E-state index in [-0.39, 0.29) is 28.6 Å². The smallest absolute Gasteiger partial charge is 0.160 e. The van der Waals surface area contributed by atoms with Crippen molar-refractivity contribution in [1.82, 2.24) is 0 Å². The molecular formula is C22H26O3. The predicted octanol–water partition coefficient (Wildman–Crippen LogP) is 5.36. The molecule has 0 radical (unpaired) electrons. The fraction of sp³-hybridized carbons (Fsp3) is 0.318. The SMILES string of the molecule is C=CC(C)(C)C1=CC(=CC=C(O)c2ccc(O)cc2)C(CC)CC1=O. The molecule has 0 heterocycles. The average molecular weight is 338 g/mol. The molecular weight excluding hydrogens is 312 g/mol. The summed E-state index contributed by atoms with van der Waals surface area (Å²) >= 11 is 0. The summed E-state index contributed by atoms with van der Waals surface area (Å²) in [5.41, 5.74) is 2.05. The second-order valence-electron chi connectivity index (χ2n) is 6.98. The Balaban J connectivity index is 2.40. The van der Waals surface area contributed by atoms with Gasteiger partial charge in [-0.2, -0.15) is 0 Å². The highest BCUT2D eigenvalue weighted by Crippen LogP contribution is 2.37. The number of aliphatic hydroxyl groups is 1. The highest BCUT2D eigenvalue weighted by Gasteiger charge is 2.31. The topological polar surface area (TPSA) is 57.5 Å². The number of allylic oxidation sites excluding steroid dienone is 6. The molecule has 3 heteroatoms. The Morgan fingerprint density at radius 3 is 2.52 bits per heavy atom. The quantitative estimate of drug-likeness (QED) is 0.561. The van der Waals surface area contributed by atoms with Crippen LogP contribution in [0.3, 0.4) is 0 Å². The van der Waals surface area contributed by atoms with Crippen LogP contribution >= 0.6 is 0 Å². The predicted molar refractivity (Wildman–Crippen MR) is 102 cm³/mol. The lowest BCUT2D eigenvalue weighted by atomic mass is 9.73. The molecule has 1 aromatic rings. The minimum absolute atomic E-state index is 0.122. The Morgan fingerprint density at radius 1 is 1.32 bits per heavy atom. The number of ketones is 1. The molecule has 1 aliphatic carbocycles. The molecule has 0 aliphatic heterocycles. The van der Waals surface area contributed by atoms with E-state index in [1.807, 2.05) is 26.0 Å². The summed E-state index contributed by atoms with van der Waals surface area (Å²) in [4.78, 5) is 12.5. The molecule has 0 saturated heterocycles. The Morgan fingerprint density at radius 2 is 1.96 bits per heavy atom. The number of rotatable bonds is 5. The molecule has 132 valence electrons. The summed E-state index contributed by atoms with van der Waals surface area (Å²) in [7, 11) is 0. The molecule has 1 aliphatic rings. The minimum Gasteiger partial charge on any atom is -0.508 e. The molecule has 0 bridgehead atoms. The van der Waals surface area contributed by atoms with Gasteiger partial charge in [-0.05, 0) is 48.3 Å². The van der Waals surface area contributed by atoms with Gasteiger partial charge in [0.25, 0.3) is 0 Å². The van der Waals surface area contributed by atoms with Gasteiger partial charge in [0.05, 0.1) is 0 Å². The van der Waals surface area contributed by atoms with E-state index >= 15 is 0 Å². The van der Waals surface area contributed by atoms with Gasteiger partial charge in [-0.25, -0.2) is 0 Å². The van der Waals surface area contributed by atoms with Crippen LogP contribution in [0, 0.1) is 11.3 Å².